The second-order valence-corrected chi connectivity index (χ2v) is 6.68. The summed E-state index contributed by atoms with van der Waals surface area (Å²) in [5.74, 6) is 0. The highest BCUT2D eigenvalue weighted by Gasteiger charge is 2.20. The van der Waals surface area contributed by atoms with Gasteiger partial charge in [-0.2, -0.15) is 0 Å². The fourth-order valence-electron chi connectivity index (χ4n) is 1.63. The molecule has 2 unspecified atom stereocenters. The van der Waals surface area contributed by atoms with Crippen molar-refractivity contribution in [3.05, 3.63) is 68.6 Å². The molecular formula is C14H10Br2Cl2. The number of alkyl halides is 2. The summed E-state index contributed by atoms with van der Waals surface area (Å²) in [6, 6.07) is 15.8. The van der Waals surface area contributed by atoms with E-state index in [1.807, 2.05) is 48.5 Å². The van der Waals surface area contributed by atoms with Crippen LogP contribution in [0.2, 0.25) is 0 Å². The molecule has 0 aromatic heterocycles. The first-order valence-corrected chi connectivity index (χ1v) is 7.83. The van der Waals surface area contributed by atoms with E-state index in [1.165, 1.54) is 0 Å². The normalized spacial score (nSPS) is 14.2. The van der Waals surface area contributed by atoms with Gasteiger partial charge in [0.05, 0.1) is 10.8 Å². The Kier molecular flexibility index (Phi) is 5.14. The highest BCUT2D eigenvalue weighted by molar-refractivity contribution is 9.10. The average Bonchev–Trinajstić information content (AvgIpc) is 2.39. The third-order valence-electron chi connectivity index (χ3n) is 2.63. The third kappa shape index (κ3) is 3.51. The third-order valence-corrected chi connectivity index (χ3v) is 4.83. The molecule has 0 nitrogen and oxygen atoms in total. The minimum Gasteiger partial charge on any atom is -0.116 e. The Hall–Kier alpha value is -0.0200. The molecule has 2 aromatic rings. The number of rotatable bonds is 3. The molecule has 18 heavy (non-hydrogen) atoms. The molecule has 2 atom stereocenters. The van der Waals surface area contributed by atoms with Crippen LogP contribution >= 0.6 is 55.1 Å². The molecule has 0 heterocycles. The Morgan fingerprint density at radius 2 is 0.889 bits per heavy atom. The van der Waals surface area contributed by atoms with Crippen LogP contribution in [0.3, 0.4) is 0 Å². The van der Waals surface area contributed by atoms with Gasteiger partial charge in [0.2, 0.25) is 0 Å². The predicted octanol–water partition coefficient (Wildman–Crippen LogP) is 6.47. The highest BCUT2D eigenvalue weighted by atomic mass is 79.9. The summed E-state index contributed by atoms with van der Waals surface area (Å²) in [5, 5.41) is -0.498. The minimum atomic E-state index is -0.249. The van der Waals surface area contributed by atoms with Crippen LogP contribution in [0.25, 0.3) is 0 Å². The zero-order chi connectivity index (χ0) is 13.1. The van der Waals surface area contributed by atoms with Gasteiger partial charge < -0.3 is 0 Å². The maximum absolute atomic E-state index is 6.42. The Bertz CT molecular complexity index is 459. The summed E-state index contributed by atoms with van der Waals surface area (Å²) in [6.07, 6.45) is 0. The molecule has 0 aliphatic carbocycles. The number of benzene rings is 2. The molecule has 0 N–H and O–H groups in total. The van der Waals surface area contributed by atoms with Crippen molar-refractivity contribution in [3.8, 4) is 0 Å². The SMILES string of the molecule is ClC(c1ccc(Br)cc1)C(Cl)c1ccc(Br)cc1. The number of hydrogen-bond donors (Lipinski definition) is 0. The van der Waals surface area contributed by atoms with E-state index in [4.69, 9.17) is 23.2 Å². The van der Waals surface area contributed by atoms with Gasteiger partial charge in [-0.25, -0.2) is 0 Å². The Balaban J connectivity index is 2.20. The maximum Gasteiger partial charge on any atom is 0.0790 e. The largest absolute Gasteiger partial charge is 0.116 e. The lowest BCUT2D eigenvalue weighted by atomic mass is 10.0. The van der Waals surface area contributed by atoms with Crippen molar-refractivity contribution in [1.29, 1.82) is 0 Å². The van der Waals surface area contributed by atoms with E-state index in [9.17, 15) is 0 Å². The number of hydrogen-bond acceptors (Lipinski definition) is 0. The molecule has 0 radical (unpaired) electrons. The second-order valence-electron chi connectivity index (χ2n) is 3.91. The van der Waals surface area contributed by atoms with Crippen LogP contribution in [0.1, 0.15) is 21.9 Å². The summed E-state index contributed by atoms with van der Waals surface area (Å²) in [5.41, 5.74) is 2.03. The molecule has 0 saturated carbocycles. The number of halogens is 4. The van der Waals surface area contributed by atoms with Crippen molar-refractivity contribution in [3.63, 3.8) is 0 Å². The first-order chi connectivity index (χ1) is 8.58. The molecule has 0 aliphatic heterocycles. The summed E-state index contributed by atoms with van der Waals surface area (Å²) in [7, 11) is 0. The van der Waals surface area contributed by atoms with Crippen molar-refractivity contribution in [2.24, 2.45) is 0 Å². The topological polar surface area (TPSA) is 0 Å². The van der Waals surface area contributed by atoms with Gasteiger partial charge in [-0.3, -0.25) is 0 Å². The van der Waals surface area contributed by atoms with Crippen LogP contribution in [0.4, 0.5) is 0 Å². The van der Waals surface area contributed by atoms with Gasteiger partial charge in [0.15, 0.2) is 0 Å². The standard InChI is InChI=1S/C14H10Br2Cl2/c15-11-5-1-9(2-6-11)13(17)14(18)10-3-7-12(16)8-4-10/h1-8,13-14H. The lowest BCUT2D eigenvalue weighted by Gasteiger charge is -2.17. The molecule has 2 aromatic carbocycles. The molecule has 2 rings (SSSR count). The van der Waals surface area contributed by atoms with Gasteiger partial charge in [-0.15, -0.1) is 23.2 Å². The smallest absolute Gasteiger partial charge is 0.0790 e. The fourth-order valence-corrected chi connectivity index (χ4v) is 2.74. The molecule has 0 bridgehead atoms. The Morgan fingerprint density at radius 1 is 0.611 bits per heavy atom. The van der Waals surface area contributed by atoms with Crippen LogP contribution in [-0.4, -0.2) is 0 Å². The fraction of sp³-hybridized carbons (Fsp3) is 0.143. The molecule has 0 aliphatic rings. The van der Waals surface area contributed by atoms with Crippen molar-refractivity contribution in [2.45, 2.75) is 10.8 Å². The molecule has 0 saturated heterocycles. The van der Waals surface area contributed by atoms with Gasteiger partial charge in [-0.05, 0) is 35.4 Å². The van der Waals surface area contributed by atoms with Crippen molar-refractivity contribution >= 4 is 55.1 Å². The summed E-state index contributed by atoms with van der Waals surface area (Å²) in [4.78, 5) is 0. The van der Waals surface area contributed by atoms with Crippen molar-refractivity contribution in [2.75, 3.05) is 0 Å². The van der Waals surface area contributed by atoms with Gasteiger partial charge in [0, 0.05) is 8.95 Å². The van der Waals surface area contributed by atoms with E-state index >= 15 is 0 Å². The van der Waals surface area contributed by atoms with Gasteiger partial charge >= 0.3 is 0 Å². The van der Waals surface area contributed by atoms with Crippen LogP contribution in [0.15, 0.2) is 57.5 Å². The second kappa shape index (κ2) is 6.42. The Morgan fingerprint density at radius 3 is 1.17 bits per heavy atom. The lowest BCUT2D eigenvalue weighted by molar-refractivity contribution is 0.881. The molecule has 0 fully saturated rings. The first-order valence-electron chi connectivity index (χ1n) is 5.37. The summed E-state index contributed by atoms with van der Waals surface area (Å²) < 4.78 is 2.06. The quantitative estimate of drug-likeness (QED) is 0.510. The Labute approximate surface area is 134 Å². The van der Waals surface area contributed by atoms with Crippen LogP contribution in [-0.2, 0) is 0 Å². The summed E-state index contributed by atoms with van der Waals surface area (Å²) >= 11 is 19.7. The van der Waals surface area contributed by atoms with E-state index in [-0.39, 0.29) is 10.8 Å². The van der Waals surface area contributed by atoms with Gasteiger partial charge in [0.1, 0.15) is 0 Å². The average molecular weight is 409 g/mol. The molecule has 94 valence electrons. The monoisotopic (exact) mass is 406 g/mol. The van der Waals surface area contributed by atoms with E-state index in [0.29, 0.717) is 0 Å². The highest BCUT2D eigenvalue weighted by Crippen LogP contribution is 2.39. The van der Waals surface area contributed by atoms with Gasteiger partial charge in [-0.1, -0.05) is 56.1 Å². The van der Waals surface area contributed by atoms with E-state index in [2.05, 4.69) is 31.9 Å². The predicted molar refractivity (Wildman–Crippen MR) is 85.5 cm³/mol. The zero-order valence-corrected chi connectivity index (χ0v) is 14.0. The lowest BCUT2D eigenvalue weighted by Crippen LogP contribution is -2.00. The first kappa shape index (κ1) is 14.4. The molecular weight excluding hydrogens is 399 g/mol. The summed E-state index contributed by atoms with van der Waals surface area (Å²) in [6.45, 7) is 0. The van der Waals surface area contributed by atoms with Crippen LogP contribution in [0, 0.1) is 0 Å². The molecule has 0 amide bonds. The maximum atomic E-state index is 6.42. The van der Waals surface area contributed by atoms with E-state index < -0.39 is 0 Å². The van der Waals surface area contributed by atoms with Crippen LogP contribution < -0.4 is 0 Å². The van der Waals surface area contributed by atoms with E-state index in [0.717, 1.165) is 20.1 Å². The van der Waals surface area contributed by atoms with Crippen molar-refractivity contribution < 1.29 is 0 Å². The van der Waals surface area contributed by atoms with E-state index in [1.54, 1.807) is 0 Å². The van der Waals surface area contributed by atoms with Crippen molar-refractivity contribution in [1.82, 2.24) is 0 Å². The minimum absolute atomic E-state index is 0.249. The molecule has 0 spiro atoms. The zero-order valence-electron chi connectivity index (χ0n) is 9.29. The van der Waals surface area contributed by atoms with Crippen LogP contribution in [0.5, 0.6) is 0 Å². The molecule has 4 heteroatoms. The van der Waals surface area contributed by atoms with Gasteiger partial charge in [0.25, 0.3) is 0 Å².